The van der Waals surface area contributed by atoms with Crippen molar-refractivity contribution in [1.29, 1.82) is 0 Å². The van der Waals surface area contributed by atoms with Gasteiger partial charge in [0, 0.05) is 0 Å². The van der Waals surface area contributed by atoms with Crippen molar-refractivity contribution in [1.82, 2.24) is 0 Å². The molecule has 0 radical (unpaired) electrons. The average Bonchev–Trinajstić information content (AvgIpc) is 3.58. The van der Waals surface area contributed by atoms with Gasteiger partial charge < -0.3 is 24.8 Å². The molecule has 0 aliphatic rings. The third-order valence-corrected chi connectivity index (χ3v) is 7.98. The van der Waals surface area contributed by atoms with E-state index in [0.717, 1.165) is 0 Å². The van der Waals surface area contributed by atoms with Crippen LogP contribution >= 0.6 is 0 Å². The fraction of sp³-hybridized carbons (Fsp3) is 0.162. The van der Waals surface area contributed by atoms with Gasteiger partial charge in [-0.15, -0.1) is 81.2 Å². The second kappa shape index (κ2) is 18.0. The molecule has 204 valence electrons. The molecule has 0 nitrogen and oxygen atoms in total. The summed E-state index contributed by atoms with van der Waals surface area (Å²) in [5, 5.41) is 5.50. The molecule has 0 amide bonds. The summed E-state index contributed by atoms with van der Waals surface area (Å²) in [6.45, 7) is 4.44. The molecule has 0 aromatic heterocycles. The predicted molar refractivity (Wildman–Crippen MR) is 163 cm³/mol. The molecule has 6 rings (SSSR count). The fourth-order valence-electron chi connectivity index (χ4n) is 4.67. The van der Waals surface area contributed by atoms with Crippen LogP contribution in [0.15, 0.2) is 133 Å². The zero-order valence-electron chi connectivity index (χ0n) is 23.3. The Bertz CT molecular complexity index is 1360. The quantitative estimate of drug-likeness (QED) is 0.243. The first-order chi connectivity index (χ1) is 18.7. The SMILES string of the molecule is CCCc1cc2ccccc2[cH-]1.CCCc1cc2ccccc2[cH-]1.[Cl-].[Cl-].[Zr+2]=[C](c1ccccc1)c1ccccc1. The van der Waals surface area contributed by atoms with E-state index in [1.54, 1.807) is 0 Å². The molecule has 0 saturated heterocycles. The minimum atomic E-state index is 0. The second-order valence-electron chi connectivity index (χ2n) is 9.59. The predicted octanol–water partition coefficient (Wildman–Crippen LogP) is 3.83. The van der Waals surface area contributed by atoms with Crippen LogP contribution in [0.5, 0.6) is 0 Å². The van der Waals surface area contributed by atoms with E-state index in [4.69, 9.17) is 0 Å². The van der Waals surface area contributed by atoms with E-state index in [0.29, 0.717) is 0 Å². The third kappa shape index (κ3) is 9.81. The summed E-state index contributed by atoms with van der Waals surface area (Å²) in [6.07, 6.45) is 4.87. The molecule has 0 spiro atoms. The summed E-state index contributed by atoms with van der Waals surface area (Å²) in [5.74, 6) is 0. The monoisotopic (exact) mass is 640 g/mol. The van der Waals surface area contributed by atoms with Gasteiger partial charge >= 0.3 is 99.2 Å². The van der Waals surface area contributed by atoms with Crippen LogP contribution in [0.25, 0.3) is 21.5 Å². The van der Waals surface area contributed by atoms with Crippen LogP contribution in [0.4, 0.5) is 0 Å². The van der Waals surface area contributed by atoms with Gasteiger partial charge in [0.1, 0.15) is 0 Å². The maximum absolute atomic E-state index is 2.29. The van der Waals surface area contributed by atoms with E-state index < -0.39 is 0 Å². The van der Waals surface area contributed by atoms with Crippen molar-refractivity contribution < 1.29 is 49.0 Å². The second-order valence-corrected chi connectivity index (χ2v) is 10.8. The van der Waals surface area contributed by atoms with Crippen molar-refractivity contribution in [2.45, 2.75) is 39.5 Å². The molecule has 0 aliphatic heterocycles. The summed E-state index contributed by atoms with van der Waals surface area (Å²) in [4.78, 5) is 0. The Morgan fingerprint density at radius 1 is 0.525 bits per heavy atom. The Kier molecular flexibility index (Phi) is 15.1. The topological polar surface area (TPSA) is 0 Å². The molecule has 0 N–H and O–H groups in total. The number of rotatable bonds is 6. The van der Waals surface area contributed by atoms with Gasteiger partial charge in [0.15, 0.2) is 0 Å². The first-order valence-corrected chi connectivity index (χ1v) is 14.9. The maximum atomic E-state index is 2.29. The van der Waals surface area contributed by atoms with E-state index in [1.165, 1.54) is 96.9 Å². The van der Waals surface area contributed by atoms with E-state index in [1.807, 2.05) is 0 Å². The molecule has 0 fully saturated rings. The molecule has 3 heteroatoms. The number of fused-ring (bicyclic) bond motifs is 2. The molecular weight excluding hydrogens is 607 g/mol. The van der Waals surface area contributed by atoms with Gasteiger partial charge in [0.25, 0.3) is 0 Å². The van der Waals surface area contributed by atoms with Crippen LogP contribution in [0.2, 0.25) is 0 Å². The molecule has 40 heavy (non-hydrogen) atoms. The molecule has 0 unspecified atom stereocenters. The number of benzene rings is 4. The van der Waals surface area contributed by atoms with Crippen LogP contribution in [0.3, 0.4) is 0 Å². The van der Waals surface area contributed by atoms with E-state index in [-0.39, 0.29) is 24.8 Å². The van der Waals surface area contributed by atoms with Gasteiger partial charge in [-0.1, -0.05) is 38.8 Å². The average molecular weight is 643 g/mol. The van der Waals surface area contributed by atoms with E-state index >= 15 is 0 Å². The van der Waals surface area contributed by atoms with Crippen molar-refractivity contribution >= 4 is 24.8 Å². The molecule has 0 aliphatic carbocycles. The number of hydrogen-bond donors (Lipinski definition) is 0. The summed E-state index contributed by atoms with van der Waals surface area (Å²) in [6, 6.07) is 47.3. The molecule has 0 saturated carbocycles. The molecule has 6 aromatic rings. The van der Waals surface area contributed by atoms with E-state index in [9.17, 15) is 0 Å². The minimum absolute atomic E-state index is 0. The van der Waals surface area contributed by atoms with Crippen LogP contribution < -0.4 is 24.8 Å². The Hall–Kier alpha value is -2.57. The van der Waals surface area contributed by atoms with Gasteiger partial charge in [-0.3, -0.25) is 0 Å². The molecular formula is C37H36Cl2Zr-2. The zero-order valence-corrected chi connectivity index (χ0v) is 27.3. The van der Waals surface area contributed by atoms with Crippen LogP contribution in [-0.2, 0) is 37.1 Å². The first-order valence-electron chi connectivity index (χ1n) is 13.7. The van der Waals surface area contributed by atoms with Crippen molar-refractivity contribution in [3.05, 3.63) is 156 Å². The third-order valence-electron chi connectivity index (χ3n) is 6.56. The van der Waals surface area contributed by atoms with Gasteiger partial charge in [-0.05, 0) is 12.8 Å². The molecule has 6 aromatic carbocycles. The molecule has 0 heterocycles. The van der Waals surface area contributed by atoms with Gasteiger partial charge in [-0.2, -0.15) is 12.1 Å². The molecule has 0 bridgehead atoms. The molecule has 0 atom stereocenters. The summed E-state index contributed by atoms with van der Waals surface area (Å²) >= 11 is 1.46. The van der Waals surface area contributed by atoms with Crippen molar-refractivity contribution in [2.24, 2.45) is 0 Å². The van der Waals surface area contributed by atoms with Crippen molar-refractivity contribution in [2.75, 3.05) is 0 Å². The number of hydrogen-bond acceptors (Lipinski definition) is 0. The summed E-state index contributed by atoms with van der Waals surface area (Å²) in [5.41, 5.74) is 5.60. The summed E-state index contributed by atoms with van der Waals surface area (Å²) in [7, 11) is 0. The van der Waals surface area contributed by atoms with Crippen molar-refractivity contribution in [3.63, 3.8) is 0 Å². The van der Waals surface area contributed by atoms with Crippen LogP contribution in [0, 0.1) is 0 Å². The Balaban J connectivity index is 0.000000206. The Labute approximate surface area is 267 Å². The Morgan fingerprint density at radius 3 is 1.23 bits per heavy atom. The van der Waals surface area contributed by atoms with Crippen molar-refractivity contribution in [3.8, 4) is 0 Å². The van der Waals surface area contributed by atoms with E-state index in [2.05, 4.69) is 147 Å². The fourth-order valence-corrected chi connectivity index (χ4v) is 5.49. The van der Waals surface area contributed by atoms with Gasteiger partial charge in [0.05, 0.1) is 0 Å². The van der Waals surface area contributed by atoms with Gasteiger partial charge in [-0.25, -0.2) is 0 Å². The Morgan fingerprint density at radius 2 is 0.875 bits per heavy atom. The number of aryl methyl sites for hydroxylation is 2. The number of halogens is 2. The first kappa shape index (κ1) is 33.6. The van der Waals surface area contributed by atoms with Gasteiger partial charge in [0.2, 0.25) is 0 Å². The standard InChI is InChI=1S/C13H10.2C12H13.2ClH.Zr/c1-3-7-12(8-4-1)11-13-9-5-2-6-10-13;2*1-2-5-10-8-11-6-3-4-7-12(11)9-10;;;/h1-10H;2*3-4,6-9H,2,5H2,1H3;2*1H;/q;2*-1;;;+2/p-2. The van der Waals surface area contributed by atoms with Crippen LogP contribution in [0.1, 0.15) is 48.9 Å². The zero-order chi connectivity index (χ0) is 26.6. The van der Waals surface area contributed by atoms with Crippen LogP contribution in [-0.4, -0.2) is 3.21 Å². The summed E-state index contributed by atoms with van der Waals surface area (Å²) < 4.78 is 1.42. The normalized spacial score (nSPS) is 9.90.